The second kappa shape index (κ2) is 8.04. The second-order valence-corrected chi connectivity index (χ2v) is 7.72. The molecule has 1 aliphatic rings. The number of carbonyl (C=O) groups is 1. The van der Waals surface area contributed by atoms with Gasteiger partial charge in [0.25, 0.3) is 5.56 Å². The smallest absolute Gasteiger partial charge is 0.253 e. The Balaban J connectivity index is 1.86. The first-order valence-corrected chi connectivity index (χ1v) is 9.44. The number of pyridine rings is 1. The molecule has 5 heteroatoms. The molecule has 1 aromatic heterocycles. The number of hydrogen-bond donors (Lipinski definition) is 1. The van der Waals surface area contributed by atoms with Crippen LogP contribution < -0.4 is 5.56 Å². The number of carbonyl (C=O) groups excluding carboxylic acids is 1. The van der Waals surface area contributed by atoms with Crippen molar-refractivity contribution >= 4 is 16.8 Å². The fraction of sp³-hybridized carbons (Fsp3) is 0.524. The van der Waals surface area contributed by atoms with E-state index in [1.807, 2.05) is 39.0 Å². The van der Waals surface area contributed by atoms with Gasteiger partial charge in [0.05, 0.1) is 12.6 Å². The molecular formula is C21H28N2O3. The number of hydrogen-bond acceptors (Lipinski definition) is 3. The van der Waals surface area contributed by atoms with Gasteiger partial charge in [-0.3, -0.25) is 9.59 Å². The standard InChI is InChI=1S/C21H28N2O3/c1-14(2)9-20(24)23(13-18-5-4-8-26-18)12-17-11-16-10-15(3)6-7-19(16)22-21(17)25/h6-7,10-11,14,18H,4-5,8-9,12-13H2,1-3H3,(H,22,25)/t18-/m0/s1. The molecule has 3 rings (SSSR count). The maximum absolute atomic E-state index is 12.7. The molecule has 140 valence electrons. The van der Waals surface area contributed by atoms with Crippen molar-refractivity contribution in [3.05, 3.63) is 45.7 Å². The lowest BCUT2D eigenvalue weighted by atomic mass is 10.1. The zero-order valence-electron chi connectivity index (χ0n) is 15.9. The number of benzene rings is 1. The molecular weight excluding hydrogens is 328 g/mol. The summed E-state index contributed by atoms with van der Waals surface area (Å²) in [7, 11) is 0. The SMILES string of the molecule is Cc1ccc2[nH]c(=O)c(CN(C[C@@H]3CCCO3)C(=O)CC(C)C)cc2c1. The minimum atomic E-state index is -0.129. The average Bonchev–Trinajstić information content (AvgIpc) is 3.07. The Bertz CT molecular complexity index is 835. The normalized spacial score (nSPS) is 17.2. The first kappa shape index (κ1) is 18.6. The number of amides is 1. The Morgan fingerprint density at radius 2 is 2.15 bits per heavy atom. The predicted octanol–water partition coefficient (Wildman–Crippen LogP) is 3.39. The summed E-state index contributed by atoms with van der Waals surface area (Å²) in [5.74, 6) is 0.367. The Hall–Kier alpha value is -2.14. The molecule has 0 bridgehead atoms. The second-order valence-electron chi connectivity index (χ2n) is 7.72. The van der Waals surface area contributed by atoms with Crippen LogP contribution in [0, 0.1) is 12.8 Å². The van der Waals surface area contributed by atoms with E-state index < -0.39 is 0 Å². The summed E-state index contributed by atoms with van der Waals surface area (Å²) in [4.78, 5) is 30.0. The van der Waals surface area contributed by atoms with Gasteiger partial charge >= 0.3 is 0 Å². The molecule has 0 unspecified atom stereocenters. The molecule has 0 aliphatic carbocycles. The van der Waals surface area contributed by atoms with Crippen LogP contribution >= 0.6 is 0 Å². The molecule has 2 aromatic rings. The van der Waals surface area contributed by atoms with Crippen LogP contribution in [-0.4, -0.2) is 35.0 Å². The number of nitrogens with zero attached hydrogens (tertiary/aromatic N) is 1. The van der Waals surface area contributed by atoms with Crippen molar-refractivity contribution in [3.8, 4) is 0 Å². The van der Waals surface area contributed by atoms with Gasteiger partial charge in [-0.1, -0.05) is 25.5 Å². The highest BCUT2D eigenvalue weighted by Gasteiger charge is 2.24. The zero-order valence-corrected chi connectivity index (χ0v) is 15.9. The van der Waals surface area contributed by atoms with E-state index in [-0.39, 0.29) is 23.5 Å². The monoisotopic (exact) mass is 356 g/mol. The van der Waals surface area contributed by atoms with Gasteiger partial charge in [-0.05, 0) is 49.3 Å². The molecule has 0 spiro atoms. The number of aromatic nitrogens is 1. The number of nitrogens with one attached hydrogen (secondary N) is 1. The molecule has 26 heavy (non-hydrogen) atoms. The molecule has 1 atom stereocenters. The summed E-state index contributed by atoms with van der Waals surface area (Å²) in [6, 6.07) is 7.86. The molecule has 1 amide bonds. The van der Waals surface area contributed by atoms with Crippen molar-refractivity contribution in [2.45, 2.75) is 52.7 Å². The zero-order chi connectivity index (χ0) is 18.7. The van der Waals surface area contributed by atoms with E-state index in [0.29, 0.717) is 25.1 Å². The summed E-state index contributed by atoms with van der Waals surface area (Å²) in [6.07, 6.45) is 2.57. The van der Waals surface area contributed by atoms with Gasteiger partial charge in [0.1, 0.15) is 0 Å². The summed E-state index contributed by atoms with van der Waals surface area (Å²) in [6.45, 7) is 7.73. The number of H-pyrrole nitrogens is 1. The van der Waals surface area contributed by atoms with Crippen molar-refractivity contribution < 1.29 is 9.53 Å². The third kappa shape index (κ3) is 4.52. The Labute approximate surface area is 154 Å². The van der Waals surface area contributed by atoms with Crippen LogP contribution in [0.15, 0.2) is 29.1 Å². The van der Waals surface area contributed by atoms with Crippen molar-refractivity contribution in [2.75, 3.05) is 13.2 Å². The van der Waals surface area contributed by atoms with E-state index in [9.17, 15) is 9.59 Å². The first-order valence-electron chi connectivity index (χ1n) is 9.44. The number of rotatable bonds is 6. The van der Waals surface area contributed by atoms with E-state index in [4.69, 9.17) is 4.74 Å². The van der Waals surface area contributed by atoms with E-state index in [1.54, 1.807) is 4.90 Å². The average molecular weight is 356 g/mol. The highest BCUT2D eigenvalue weighted by Crippen LogP contribution is 2.18. The molecule has 1 N–H and O–H groups in total. The van der Waals surface area contributed by atoms with Crippen molar-refractivity contribution in [1.29, 1.82) is 0 Å². The summed E-state index contributed by atoms with van der Waals surface area (Å²) in [5, 5.41) is 0.993. The maximum Gasteiger partial charge on any atom is 0.253 e. The predicted molar refractivity (Wildman–Crippen MR) is 103 cm³/mol. The minimum Gasteiger partial charge on any atom is -0.376 e. The van der Waals surface area contributed by atoms with Gasteiger partial charge in [-0.15, -0.1) is 0 Å². The van der Waals surface area contributed by atoms with Crippen LogP contribution in [0.2, 0.25) is 0 Å². The van der Waals surface area contributed by atoms with Crippen LogP contribution in [-0.2, 0) is 16.1 Å². The summed E-state index contributed by atoms with van der Waals surface area (Å²) in [5.41, 5.74) is 2.46. The lowest BCUT2D eigenvalue weighted by Gasteiger charge is -2.26. The fourth-order valence-corrected chi connectivity index (χ4v) is 3.46. The van der Waals surface area contributed by atoms with Crippen LogP contribution in [0.5, 0.6) is 0 Å². The molecule has 2 heterocycles. The molecule has 1 aliphatic heterocycles. The Kier molecular flexibility index (Phi) is 5.77. The van der Waals surface area contributed by atoms with E-state index >= 15 is 0 Å². The van der Waals surface area contributed by atoms with Crippen LogP contribution in [0.4, 0.5) is 0 Å². The van der Waals surface area contributed by atoms with Crippen molar-refractivity contribution in [2.24, 2.45) is 5.92 Å². The van der Waals surface area contributed by atoms with Crippen LogP contribution in [0.25, 0.3) is 10.9 Å². The van der Waals surface area contributed by atoms with E-state index in [1.165, 1.54) is 0 Å². The number of ether oxygens (including phenoxy) is 1. The van der Waals surface area contributed by atoms with E-state index in [0.717, 1.165) is 35.9 Å². The lowest BCUT2D eigenvalue weighted by molar-refractivity contribution is -0.134. The van der Waals surface area contributed by atoms with Crippen molar-refractivity contribution in [3.63, 3.8) is 0 Å². The summed E-state index contributed by atoms with van der Waals surface area (Å²) < 4.78 is 5.71. The molecule has 0 radical (unpaired) electrons. The highest BCUT2D eigenvalue weighted by molar-refractivity contribution is 5.80. The topological polar surface area (TPSA) is 62.4 Å². The van der Waals surface area contributed by atoms with Gasteiger partial charge < -0.3 is 14.6 Å². The molecule has 1 aromatic carbocycles. The maximum atomic E-state index is 12.7. The largest absolute Gasteiger partial charge is 0.376 e. The Morgan fingerprint density at radius 1 is 1.35 bits per heavy atom. The van der Waals surface area contributed by atoms with E-state index in [2.05, 4.69) is 11.1 Å². The van der Waals surface area contributed by atoms with Gasteiger partial charge in [-0.25, -0.2) is 0 Å². The molecule has 5 nitrogen and oxygen atoms in total. The van der Waals surface area contributed by atoms with Gasteiger partial charge in [0.15, 0.2) is 0 Å². The van der Waals surface area contributed by atoms with Crippen LogP contribution in [0.1, 0.15) is 44.2 Å². The minimum absolute atomic E-state index is 0.0768. The number of aromatic amines is 1. The summed E-state index contributed by atoms with van der Waals surface area (Å²) >= 11 is 0. The molecule has 0 saturated carbocycles. The van der Waals surface area contributed by atoms with Gasteiger partial charge in [0, 0.05) is 30.7 Å². The third-order valence-corrected chi connectivity index (χ3v) is 4.82. The number of fused-ring (bicyclic) bond motifs is 1. The fourth-order valence-electron chi connectivity index (χ4n) is 3.46. The highest BCUT2D eigenvalue weighted by atomic mass is 16.5. The quantitative estimate of drug-likeness (QED) is 0.863. The van der Waals surface area contributed by atoms with Crippen molar-refractivity contribution in [1.82, 2.24) is 9.88 Å². The lowest BCUT2D eigenvalue weighted by Crippen LogP contribution is -2.38. The molecule has 1 fully saturated rings. The number of aryl methyl sites for hydroxylation is 1. The molecule has 1 saturated heterocycles. The van der Waals surface area contributed by atoms with Gasteiger partial charge in [-0.2, -0.15) is 0 Å². The Morgan fingerprint density at radius 3 is 2.85 bits per heavy atom. The third-order valence-electron chi connectivity index (χ3n) is 4.82. The van der Waals surface area contributed by atoms with Crippen LogP contribution in [0.3, 0.4) is 0 Å². The first-order chi connectivity index (χ1) is 12.4. The van der Waals surface area contributed by atoms with Gasteiger partial charge in [0.2, 0.25) is 5.91 Å².